The lowest BCUT2D eigenvalue weighted by Gasteiger charge is -2.19. The monoisotopic (exact) mass is 806 g/mol. The van der Waals surface area contributed by atoms with Crippen LogP contribution in [0.3, 0.4) is 0 Å². The van der Waals surface area contributed by atoms with Crippen LogP contribution in [-0.4, -0.2) is 0 Å². The zero-order valence-corrected chi connectivity index (χ0v) is 34.9. The first-order valence-corrected chi connectivity index (χ1v) is 22.3. The van der Waals surface area contributed by atoms with Crippen LogP contribution in [0.2, 0.25) is 0 Å². The van der Waals surface area contributed by atoms with Crippen LogP contribution in [0.15, 0.2) is 231 Å². The average molecular weight is 807 g/mol. The van der Waals surface area contributed by atoms with Gasteiger partial charge >= 0.3 is 0 Å². The van der Waals surface area contributed by atoms with Crippen LogP contribution < -0.4 is 0 Å². The molecule has 0 atom stereocenters. The van der Waals surface area contributed by atoms with Crippen molar-refractivity contribution in [1.29, 1.82) is 0 Å². The van der Waals surface area contributed by atoms with Gasteiger partial charge in [0.05, 0.1) is 0 Å². The van der Waals surface area contributed by atoms with Crippen molar-refractivity contribution in [2.75, 3.05) is 0 Å². The van der Waals surface area contributed by atoms with Crippen LogP contribution in [0.4, 0.5) is 0 Å². The third-order valence-corrected chi connectivity index (χ3v) is 14.2. The molecule has 0 heterocycles. The second-order valence-corrected chi connectivity index (χ2v) is 17.4. The summed E-state index contributed by atoms with van der Waals surface area (Å²) in [6, 6.07) is 86.1. The smallest absolute Gasteiger partial charge is 0.00199 e. The first-order chi connectivity index (χ1) is 31.8. The highest BCUT2D eigenvalue weighted by atomic mass is 14.2. The van der Waals surface area contributed by atoms with Gasteiger partial charge < -0.3 is 0 Å². The van der Waals surface area contributed by atoms with E-state index in [9.17, 15) is 0 Å². The fourth-order valence-electron chi connectivity index (χ4n) is 11.5. The molecule has 14 aromatic carbocycles. The molecule has 0 radical (unpaired) electrons. The quantitative estimate of drug-likeness (QED) is 0.156. The van der Waals surface area contributed by atoms with Gasteiger partial charge in [0.15, 0.2) is 0 Å². The molecule has 0 nitrogen and oxygen atoms in total. The maximum atomic E-state index is 2.47. The molecular formula is C64H38. The molecule has 0 N–H and O–H groups in total. The van der Waals surface area contributed by atoms with Crippen molar-refractivity contribution in [2.45, 2.75) is 0 Å². The van der Waals surface area contributed by atoms with Crippen LogP contribution in [0, 0.1) is 0 Å². The van der Waals surface area contributed by atoms with E-state index < -0.39 is 0 Å². The summed E-state index contributed by atoms with van der Waals surface area (Å²) in [6.07, 6.45) is 0. The van der Waals surface area contributed by atoms with E-state index in [1.807, 2.05) is 0 Å². The summed E-state index contributed by atoms with van der Waals surface area (Å²) in [5.74, 6) is 0. The lowest BCUT2D eigenvalue weighted by molar-refractivity contribution is 1.66. The SMILES string of the molecule is c1ccc2c(-c3cc4c5ccccc5c5ccccc5c4c4ccccc34)ccc(-c3ccc(-c4cc5c6ccccc6c6ccccc6c5c5ccccc45)c4ccccc34)c2c1. The second-order valence-electron chi connectivity index (χ2n) is 17.4. The standard InChI is InChI=1S/C64H38/c1-3-19-41-39(17-1)51(33-35-53(41)59-37-61-47-25-7-5-21-43(47)45-23-9-13-29-55(45)63(61)57-31-15-11-27-49(57)59)52-34-36-54(42-20-4-2-18-40(42)52)60-38-62-48-26-8-6-22-44(48)46-24-10-14-30-56(46)64(62)58-32-16-12-28-50(58)60/h1-38H. The van der Waals surface area contributed by atoms with E-state index in [-0.39, 0.29) is 0 Å². The van der Waals surface area contributed by atoms with Crippen molar-refractivity contribution in [3.63, 3.8) is 0 Å². The van der Waals surface area contributed by atoms with Gasteiger partial charge in [0.1, 0.15) is 0 Å². The second kappa shape index (κ2) is 13.6. The fourth-order valence-corrected chi connectivity index (χ4v) is 11.5. The predicted octanol–water partition coefficient (Wildman–Crippen LogP) is 18.2. The first kappa shape index (κ1) is 35.3. The van der Waals surface area contributed by atoms with Gasteiger partial charge in [-0.1, -0.05) is 218 Å². The predicted molar refractivity (Wildman–Crippen MR) is 278 cm³/mol. The largest absolute Gasteiger partial charge is 0.0616 e. The highest BCUT2D eigenvalue weighted by molar-refractivity contribution is 6.35. The summed E-state index contributed by atoms with van der Waals surface area (Å²) in [5.41, 5.74) is 7.50. The van der Waals surface area contributed by atoms with E-state index >= 15 is 0 Å². The van der Waals surface area contributed by atoms with Gasteiger partial charge in [0.2, 0.25) is 0 Å². The van der Waals surface area contributed by atoms with E-state index in [1.54, 1.807) is 0 Å². The van der Waals surface area contributed by atoms with Gasteiger partial charge in [-0.15, -0.1) is 0 Å². The molecule has 0 aliphatic carbocycles. The minimum Gasteiger partial charge on any atom is -0.0616 e. The van der Waals surface area contributed by atoms with Gasteiger partial charge in [-0.05, 0) is 153 Å². The molecule has 0 aliphatic rings. The van der Waals surface area contributed by atoms with E-state index in [1.165, 1.54) is 141 Å². The number of fused-ring (bicyclic) bond motifs is 18. The molecule has 0 saturated carbocycles. The van der Waals surface area contributed by atoms with Gasteiger partial charge in [-0.25, -0.2) is 0 Å². The van der Waals surface area contributed by atoms with Crippen LogP contribution in [0.1, 0.15) is 0 Å². The summed E-state index contributed by atoms with van der Waals surface area (Å²) < 4.78 is 0. The van der Waals surface area contributed by atoms with Crippen molar-refractivity contribution in [3.8, 4) is 33.4 Å². The molecule has 14 rings (SSSR count). The van der Waals surface area contributed by atoms with Crippen molar-refractivity contribution >= 4 is 108 Å². The summed E-state index contributed by atoms with van der Waals surface area (Å²) in [6.45, 7) is 0. The number of hydrogen-bond donors (Lipinski definition) is 0. The third kappa shape index (κ3) is 4.94. The van der Waals surface area contributed by atoms with Crippen LogP contribution in [0.25, 0.3) is 141 Å². The fraction of sp³-hybridized carbons (Fsp3) is 0. The Hall–Kier alpha value is -8.32. The molecule has 0 aliphatic heterocycles. The Morgan fingerprint density at radius 2 is 0.297 bits per heavy atom. The zero-order valence-electron chi connectivity index (χ0n) is 34.9. The van der Waals surface area contributed by atoms with E-state index in [0.717, 1.165) is 0 Å². The lowest BCUT2D eigenvalue weighted by Crippen LogP contribution is -1.92. The molecule has 0 amide bonds. The average Bonchev–Trinajstić information content (AvgIpc) is 3.37. The molecule has 0 spiro atoms. The van der Waals surface area contributed by atoms with Crippen molar-refractivity contribution in [3.05, 3.63) is 231 Å². The molecule has 0 heteroatoms. The lowest BCUT2D eigenvalue weighted by atomic mass is 9.84. The van der Waals surface area contributed by atoms with E-state index in [2.05, 4.69) is 231 Å². The van der Waals surface area contributed by atoms with Crippen LogP contribution in [-0.2, 0) is 0 Å². The number of rotatable bonds is 3. The Balaban J connectivity index is 1.01. The Morgan fingerprint density at radius 1 is 0.125 bits per heavy atom. The summed E-state index contributed by atoms with van der Waals surface area (Å²) in [4.78, 5) is 0. The maximum absolute atomic E-state index is 2.47. The molecule has 0 saturated heterocycles. The molecule has 0 aromatic heterocycles. The minimum absolute atomic E-state index is 1.24. The van der Waals surface area contributed by atoms with Gasteiger partial charge in [0.25, 0.3) is 0 Å². The Bertz CT molecular complexity index is 4020. The Kier molecular flexibility index (Phi) is 7.49. The summed E-state index contributed by atoms with van der Waals surface area (Å²) >= 11 is 0. The number of benzene rings is 14. The summed E-state index contributed by atoms with van der Waals surface area (Å²) in [5, 5.41) is 25.7. The normalized spacial score (nSPS) is 12.1. The van der Waals surface area contributed by atoms with Crippen molar-refractivity contribution in [2.24, 2.45) is 0 Å². The first-order valence-electron chi connectivity index (χ1n) is 22.3. The van der Waals surface area contributed by atoms with Crippen molar-refractivity contribution in [1.82, 2.24) is 0 Å². The van der Waals surface area contributed by atoms with E-state index in [0.29, 0.717) is 0 Å². The Morgan fingerprint density at radius 3 is 0.578 bits per heavy atom. The zero-order chi connectivity index (χ0) is 41.9. The molecule has 0 bridgehead atoms. The third-order valence-electron chi connectivity index (χ3n) is 14.2. The topological polar surface area (TPSA) is 0 Å². The highest BCUT2D eigenvalue weighted by Crippen LogP contribution is 2.48. The highest BCUT2D eigenvalue weighted by Gasteiger charge is 2.20. The van der Waals surface area contributed by atoms with Gasteiger partial charge in [-0.2, -0.15) is 0 Å². The van der Waals surface area contributed by atoms with E-state index in [4.69, 9.17) is 0 Å². The molecule has 0 fully saturated rings. The maximum Gasteiger partial charge on any atom is -0.00199 e. The molecule has 14 aromatic rings. The number of hydrogen-bond acceptors (Lipinski definition) is 0. The molecule has 294 valence electrons. The molecular weight excluding hydrogens is 769 g/mol. The molecule has 0 unspecified atom stereocenters. The van der Waals surface area contributed by atoms with Crippen molar-refractivity contribution < 1.29 is 0 Å². The minimum atomic E-state index is 1.24. The van der Waals surface area contributed by atoms with Crippen LogP contribution in [0.5, 0.6) is 0 Å². The Labute approximate surface area is 369 Å². The van der Waals surface area contributed by atoms with Gasteiger partial charge in [0, 0.05) is 0 Å². The molecule has 64 heavy (non-hydrogen) atoms. The van der Waals surface area contributed by atoms with Crippen LogP contribution >= 0.6 is 0 Å². The summed E-state index contributed by atoms with van der Waals surface area (Å²) in [7, 11) is 0. The van der Waals surface area contributed by atoms with Gasteiger partial charge in [-0.3, -0.25) is 0 Å².